The Bertz CT molecular complexity index is 1250. The van der Waals surface area contributed by atoms with Gasteiger partial charge in [-0.05, 0) is 31.2 Å². The fourth-order valence-electron chi connectivity index (χ4n) is 3.08. The monoisotopic (exact) mass is 416 g/mol. The zero-order valence-electron chi connectivity index (χ0n) is 17.1. The molecular weight excluding hydrogens is 395 g/mol. The number of anilines is 2. The molecule has 0 radical (unpaired) electrons. The molecule has 4 rings (SSSR count). The van der Waals surface area contributed by atoms with Crippen molar-refractivity contribution in [3.8, 4) is 11.5 Å². The molecule has 4 heterocycles. The van der Waals surface area contributed by atoms with Crippen LogP contribution in [-0.4, -0.2) is 37.8 Å². The molecule has 0 atom stereocenters. The van der Waals surface area contributed by atoms with Crippen molar-refractivity contribution in [3.05, 3.63) is 78.3 Å². The quantitative estimate of drug-likeness (QED) is 0.446. The van der Waals surface area contributed by atoms with Crippen molar-refractivity contribution in [1.82, 2.24) is 29.9 Å². The third-order valence-corrected chi connectivity index (χ3v) is 4.58. The highest BCUT2D eigenvalue weighted by Gasteiger charge is 2.16. The first-order valence-corrected chi connectivity index (χ1v) is 9.68. The minimum absolute atomic E-state index is 0.273. The molecule has 0 aliphatic rings. The predicted molar refractivity (Wildman–Crippen MR) is 119 cm³/mol. The molecule has 0 aliphatic heterocycles. The van der Waals surface area contributed by atoms with Crippen LogP contribution in [0.5, 0.6) is 0 Å². The molecule has 0 spiro atoms. The summed E-state index contributed by atoms with van der Waals surface area (Å²) in [7, 11) is 1.72. The zero-order chi connectivity index (χ0) is 21.6. The predicted octanol–water partition coefficient (Wildman–Crippen LogP) is 3.76. The van der Waals surface area contributed by atoms with Crippen molar-refractivity contribution in [2.45, 2.75) is 13.5 Å². The summed E-state index contributed by atoms with van der Waals surface area (Å²) in [6.07, 6.45) is 9.89. The molecule has 4 aromatic heterocycles. The summed E-state index contributed by atoms with van der Waals surface area (Å²) in [6.45, 7) is 2.45. The zero-order valence-corrected chi connectivity index (χ0v) is 17.1. The lowest BCUT2D eigenvalue weighted by Gasteiger charge is -2.12. The average molecular weight is 416 g/mol. The smallest absolute Gasteiger partial charge is 0.200 e. The molecule has 9 heteroatoms. The SMILES string of the molecule is C/C=C(\C=NC)NCc1ccn2nc(-c3ccccn3)nc(Nc3ccncc3F)c12. The van der Waals surface area contributed by atoms with Crippen LogP contribution >= 0.6 is 0 Å². The summed E-state index contributed by atoms with van der Waals surface area (Å²) in [5.74, 6) is 0.418. The maximum atomic E-state index is 14.3. The molecule has 0 unspecified atom stereocenters. The van der Waals surface area contributed by atoms with Gasteiger partial charge in [-0.1, -0.05) is 12.1 Å². The minimum atomic E-state index is -0.472. The molecular formula is C22H21FN8. The minimum Gasteiger partial charge on any atom is -0.380 e. The lowest BCUT2D eigenvalue weighted by atomic mass is 10.2. The normalized spacial score (nSPS) is 11.9. The van der Waals surface area contributed by atoms with Crippen molar-refractivity contribution in [2.75, 3.05) is 12.4 Å². The first-order chi connectivity index (χ1) is 15.2. The number of allylic oxidation sites excluding steroid dienone is 2. The number of aliphatic imine (C=N–C) groups is 1. The van der Waals surface area contributed by atoms with E-state index in [0.717, 1.165) is 23.0 Å². The number of halogens is 1. The largest absolute Gasteiger partial charge is 0.380 e. The second kappa shape index (κ2) is 9.12. The van der Waals surface area contributed by atoms with Gasteiger partial charge in [0, 0.05) is 49.7 Å². The fourth-order valence-corrected chi connectivity index (χ4v) is 3.08. The summed E-state index contributed by atoms with van der Waals surface area (Å²) >= 11 is 0. The molecule has 0 saturated heterocycles. The van der Waals surface area contributed by atoms with Gasteiger partial charge in [-0.25, -0.2) is 13.9 Å². The molecule has 4 aromatic rings. The van der Waals surface area contributed by atoms with Crippen LogP contribution in [0.3, 0.4) is 0 Å². The summed E-state index contributed by atoms with van der Waals surface area (Å²) < 4.78 is 16.0. The first kappa shape index (κ1) is 20.1. The van der Waals surface area contributed by atoms with Gasteiger partial charge in [0.05, 0.1) is 11.9 Å². The van der Waals surface area contributed by atoms with Crippen LogP contribution in [0.15, 0.2) is 71.9 Å². The third-order valence-electron chi connectivity index (χ3n) is 4.58. The molecule has 0 bridgehead atoms. The molecule has 0 aromatic carbocycles. The number of aromatic nitrogens is 5. The Morgan fingerprint density at radius 2 is 2.13 bits per heavy atom. The van der Waals surface area contributed by atoms with Gasteiger partial charge in [0.25, 0.3) is 0 Å². The van der Waals surface area contributed by atoms with Crippen LogP contribution < -0.4 is 10.6 Å². The van der Waals surface area contributed by atoms with Gasteiger partial charge in [0.15, 0.2) is 11.6 Å². The Kier molecular flexibility index (Phi) is 5.93. The van der Waals surface area contributed by atoms with E-state index < -0.39 is 5.82 Å². The van der Waals surface area contributed by atoms with Gasteiger partial charge < -0.3 is 10.6 Å². The highest BCUT2D eigenvalue weighted by molar-refractivity contribution is 5.79. The lowest BCUT2D eigenvalue weighted by Crippen LogP contribution is -2.14. The summed E-state index contributed by atoms with van der Waals surface area (Å²) in [4.78, 5) is 16.8. The van der Waals surface area contributed by atoms with E-state index in [0.29, 0.717) is 23.9 Å². The lowest BCUT2D eigenvalue weighted by molar-refractivity contribution is 0.625. The Balaban J connectivity index is 1.79. The van der Waals surface area contributed by atoms with Crippen LogP contribution in [0.4, 0.5) is 15.9 Å². The van der Waals surface area contributed by atoms with Crippen molar-refractivity contribution >= 4 is 23.2 Å². The number of nitrogens with zero attached hydrogens (tertiary/aromatic N) is 6. The molecule has 0 saturated carbocycles. The standard InChI is InChI=1S/C22H21FN8/c1-3-16(13-24-2)27-12-15-8-11-31-20(15)22(28-18-7-10-25-14-17(18)23)29-21(30-31)19-6-4-5-9-26-19/h3-11,13-14,27H,12H2,1-2H3,(H,25,28,29,30)/b16-3+,24-13?. The van der Waals surface area contributed by atoms with E-state index in [-0.39, 0.29) is 5.69 Å². The topological polar surface area (TPSA) is 92.4 Å². The first-order valence-electron chi connectivity index (χ1n) is 9.68. The van der Waals surface area contributed by atoms with Gasteiger partial charge in [-0.3, -0.25) is 15.0 Å². The number of nitrogens with one attached hydrogen (secondary N) is 2. The van der Waals surface area contributed by atoms with Crippen molar-refractivity contribution in [1.29, 1.82) is 0 Å². The van der Waals surface area contributed by atoms with E-state index in [1.807, 2.05) is 43.5 Å². The number of hydrogen-bond donors (Lipinski definition) is 2. The van der Waals surface area contributed by atoms with E-state index in [4.69, 9.17) is 0 Å². The Labute approximate surface area is 178 Å². The molecule has 31 heavy (non-hydrogen) atoms. The number of rotatable bonds is 7. The van der Waals surface area contributed by atoms with E-state index in [9.17, 15) is 4.39 Å². The highest BCUT2D eigenvalue weighted by Crippen LogP contribution is 2.27. The van der Waals surface area contributed by atoms with Crippen molar-refractivity contribution < 1.29 is 4.39 Å². The second-order valence-electron chi connectivity index (χ2n) is 6.60. The molecule has 156 valence electrons. The maximum absolute atomic E-state index is 14.3. The van der Waals surface area contributed by atoms with E-state index >= 15 is 0 Å². The summed E-state index contributed by atoms with van der Waals surface area (Å²) in [6, 6.07) is 9.02. The van der Waals surface area contributed by atoms with Crippen LogP contribution in [-0.2, 0) is 6.54 Å². The fraction of sp³-hybridized carbons (Fsp3) is 0.136. The van der Waals surface area contributed by atoms with E-state index in [1.54, 1.807) is 30.0 Å². The summed E-state index contributed by atoms with van der Waals surface area (Å²) in [5, 5.41) is 11.0. The molecule has 8 nitrogen and oxygen atoms in total. The van der Waals surface area contributed by atoms with Gasteiger partial charge in [-0.2, -0.15) is 0 Å². The van der Waals surface area contributed by atoms with E-state index in [1.165, 1.54) is 6.20 Å². The number of pyridine rings is 2. The Morgan fingerprint density at radius 3 is 2.87 bits per heavy atom. The van der Waals surface area contributed by atoms with Crippen LogP contribution in [0.2, 0.25) is 0 Å². The maximum Gasteiger partial charge on any atom is 0.200 e. The number of hydrogen-bond acceptors (Lipinski definition) is 7. The van der Waals surface area contributed by atoms with Gasteiger partial charge in [0.1, 0.15) is 11.2 Å². The average Bonchev–Trinajstić information content (AvgIpc) is 3.22. The molecule has 0 amide bonds. The van der Waals surface area contributed by atoms with Crippen molar-refractivity contribution in [3.63, 3.8) is 0 Å². The van der Waals surface area contributed by atoms with Crippen LogP contribution in [0.25, 0.3) is 17.0 Å². The Hall–Kier alpha value is -4.14. The van der Waals surface area contributed by atoms with Crippen molar-refractivity contribution in [2.24, 2.45) is 4.99 Å². The molecule has 0 aliphatic carbocycles. The van der Waals surface area contributed by atoms with E-state index in [2.05, 4.69) is 35.7 Å². The summed E-state index contributed by atoms with van der Waals surface area (Å²) in [5.41, 5.74) is 3.45. The van der Waals surface area contributed by atoms with Crippen LogP contribution in [0.1, 0.15) is 12.5 Å². The van der Waals surface area contributed by atoms with Gasteiger partial charge >= 0.3 is 0 Å². The van der Waals surface area contributed by atoms with Crippen LogP contribution in [0, 0.1) is 5.82 Å². The third kappa shape index (κ3) is 4.40. The van der Waals surface area contributed by atoms with Gasteiger partial charge in [0.2, 0.25) is 5.82 Å². The Morgan fingerprint density at radius 1 is 1.23 bits per heavy atom. The second-order valence-corrected chi connectivity index (χ2v) is 6.60. The molecule has 0 fully saturated rings. The van der Waals surface area contributed by atoms with Gasteiger partial charge in [-0.15, -0.1) is 5.10 Å². The molecule has 2 N–H and O–H groups in total. The highest BCUT2D eigenvalue weighted by atomic mass is 19.1. The number of fused-ring (bicyclic) bond motifs is 1.